The van der Waals surface area contributed by atoms with Crippen LogP contribution in [-0.4, -0.2) is 43.1 Å². The SMILES string of the molecule is C=C(COC(C)=O)[C@@H]1CC[C@]2(C(N)=O)CC[C@]3(C)C(CC[C@@H]4[C@@]5(C)CCC(OC(C)=O)[C@@](C)(COC(C)=O)[C@@H]5CC[C@]43C)[C@@H]12. The molecule has 0 aromatic heterocycles. The van der Waals surface area contributed by atoms with Crippen LogP contribution in [0.25, 0.3) is 0 Å². The minimum absolute atomic E-state index is 0.00314. The monoisotopic (exact) mass is 613 g/mol. The molecule has 0 radical (unpaired) electrons. The van der Waals surface area contributed by atoms with Crippen LogP contribution in [0.15, 0.2) is 12.2 Å². The van der Waals surface area contributed by atoms with Crippen molar-refractivity contribution in [3.05, 3.63) is 12.2 Å². The van der Waals surface area contributed by atoms with Gasteiger partial charge in [0.05, 0.1) is 5.41 Å². The summed E-state index contributed by atoms with van der Waals surface area (Å²) in [5.41, 5.74) is 6.18. The molecule has 0 aromatic rings. The van der Waals surface area contributed by atoms with E-state index in [2.05, 4.69) is 34.3 Å². The first-order chi connectivity index (χ1) is 20.5. The van der Waals surface area contributed by atoms with Crippen LogP contribution in [0.4, 0.5) is 0 Å². The Hall–Kier alpha value is -2.38. The van der Waals surface area contributed by atoms with Gasteiger partial charge in [0.25, 0.3) is 0 Å². The van der Waals surface area contributed by atoms with Gasteiger partial charge in [-0.2, -0.15) is 0 Å². The second kappa shape index (κ2) is 11.2. The molecule has 0 aromatic carbocycles. The molecule has 246 valence electrons. The summed E-state index contributed by atoms with van der Waals surface area (Å²) in [5.74, 6) is 0.0940. The summed E-state index contributed by atoms with van der Waals surface area (Å²) in [6.45, 7) is 18.8. The largest absolute Gasteiger partial charge is 0.465 e. The van der Waals surface area contributed by atoms with E-state index in [9.17, 15) is 19.2 Å². The van der Waals surface area contributed by atoms with Crippen LogP contribution in [0.1, 0.15) is 113 Å². The zero-order chi connectivity index (χ0) is 32.5. The molecule has 0 heterocycles. The fourth-order valence-electron chi connectivity index (χ4n) is 12.4. The summed E-state index contributed by atoms with van der Waals surface area (Å²) in [6.07, 6.45) is 8.88. The van der Waals surface area contributed by atoms with Gasteiger partial charge in [-0.3, -0.25) is 19.2 Å². The van der Waals surface area contributed by atoms with Gasteiger partial charge in [-0.15, -0.1) is 0 Å². The number of hydrogen-bond acceptors (Lipinski definition) is 7. The third-order valence-electron chi connectivity index (χ3n) is 14.5. The van der Waals surface area contributed by atoms with Gasteiger partial charge in [-0.25, -0.2) is 0 Å². The van der Waals surface area contributed by atoms with Crippen LogP contribution in [-0.2, 0) is 33.4 Å². The van der Waals surface area contributed by atoms with Gasteiger partial charge in [-0.05, 0) is 116 Å². The molecule has 8 heteroatoms. The Morgan fingerprint density at radius 3 is 2.05 bits per heavy atom. The minimum Gasteiger partial charge on any atom is -0.465 e. The number of hydrogen-bond donors (Lipinski definition) is 1. The predicted octanol–water partition coefficient (Wildman–Crippen LogP) is 6.15. The summed E-state index contributed by atoms with van der Waals surface area (Å²) in [6, 6.07) is 0. The van der Waals surface area contributed by atoms with Gasteiger partial charge >= 0.3 is 17.9 Å². The number of rotatable bonds is 7. The van der Waals surface area contributed by atoms with Crippen molar-refractivity contribution in [3.8, 4) is 0 Å². The Labute approximate surface area is 263 Å². The zero-order valence-corrected chi connectivity index (χ0v) is 28.1. The first-order valence-corrected chi connectivity index (χ1v) is 16.9. The van der Waals surface area contributed by atoms with E-state index >= 15 is 0 Å². The molecule has 5 rings (SSSR count). The number of nitrogens with two attached hydrogens (primary N) is 1. The lowest BCUT2D eigenvalue weighted by Crippen LogP contribution is -2.68. The van der Waals surface area contributed by atoms with Gasteiger partial charge in [0.1, 0.15) is 19.3 Å². The summed E-state index contributed by atoms with van der Waals surface area (Å²) in [4.78, 5) is 49.1. The maximum absolute atomic E-state index is 13.3. The van der Waals surface area contributed by atoms with Crippen molar-refractivity contribution in [2.75, 3.05) is 13.2 Å². The van der Waals surface area contributed by atoms with Gasteiger partial charge in [-0.1, -0.05) is 34.3 Å². The van der Waals surface area contributed by atoms with Crippen molar-refractivity contribution in [1.29, 1.82) is 0 Å². The lowest BCUT2D eigenvalue weighted by molar-refractivity contribution is -0.256. The lowest BCUT2D eigenvalue weighted by Gasteiger charge is -2.72. The third kappa shape index (κ3) is 4.74. The minimum atomic E-state index is -0.539. The number of ether oxygens (including phenoxy) is 3. The highest BCUT2D eigenvalue weighted by Crippen LogP contribution is 2.77. The highest BCUT2D eigenvalue weighted by Gasteiger charge is 2.72. The van der Waals surface area contributed by atoms with Gasteiger partial charge in [0, 0.05) is 26.2 Å². The number of carbonyl (C=O) groups excluding carboxylic acids is 4. The number of amides is 1. The van der Waals surface area contributed by atoms with Crippen molar-refractivity contribution >= 4 is 23.8 Å². The normalized spacial score (nSPS) is 45.9. The lowest BCUT2D eigenvalue weighted by atomic mass is 9.32. The van der Waals surface area contributed by atoms with E-state index in [1.807, 2.05) is 0 Å². The average molecular weight is 614 g/mol. The first-order valence-electron chi connectivity index (χ1n) is 16.9. The van der Waals surface area contributed by atoms with E-state index < -0.39 is 10.8 Å². The Balaban J connectivity index is 1.51. The van der Waals surface area contributed by atoms with E-state index in [1.165, 1.54) is 20.8 Å². The van der Waals surface area contributed by atoms with Crippen LogP contribution < -0.4 is 5.73 Å². The molecule has 5 aliphatic carbocycles. The molecule has 2 N–H and O–H groups in total. The number of fused-ring (bicyclic) bond motifs is 7. The zero-order valence-electron chi connectivity index (χ0n) is 28.1. The molecule has 8 nitrogen and oxygen atoms in total. The standard InChI is InChI=1S/C36H55NO7/c1-21(19-42-22(2)38)25-11-16-36(31(37)41)18-17-34(7)26(30(25)36)9-10-28-32(5)14-13-29(44-24(4)40)33(6,20-43-23(3)39)27(32)12-15-35(28,34)8/h25-30H,1,9-20H2,2-8H3,(H2,37,41)/t25-,26?,27+,28+,29?,30+,32-,33-,34+,35+,36-/m0/s1. The molecular weight excluding hydrogens is 558 g/mol. The van der Waals surface area contributed by atoms with E-state index in [0.717, 1.165) is 69.8 Å². The van der Waals surface area contributed by atoms with Crippen LogP contribution in [0.5, 0.6) is 0 Å². The smallest absolute Gasteiger partial charge is 0.302 e. The van der Waals surface area contributed by atoms with Crippen molar-refractivity contribution in [2.45, 2.75) is 119 Å². The quantitative estimate of drug-likeness (QED) is 0.208. The van der Waals surface area contributed by atoms with Crippen LogP contribution in [0.3, 0.4) is 0 Å². The van der Waals surface area contributed by atoms with E-state index in [4.69, 9.17) is 19.9 Å². The molecule has 0 spiro atoms. The van der Waals surface area contributed by atoms with Gasteiger partial charge in [0.15, 0.2) is 0 Å². The fraction of sp³-hybridized carbons (Fsp3) is 0.833. The van der Waals surface area contributed by atoms with Crippen molar-refractivity contribution in [2.24, 2.45) is 62.4 Å². The Bertz CT molecular complexity index is 1230. The summed E-state index contributed by atoms with van der Waals surface area (Å²) >= 11 is 0. The Morgan fingerprint density at radius 2 is 1.43 bits per heavy atom. The second-order valence-corrected chi connectivity index (χ2v) is 16.2. The average Bonchev–Trinajstić information content (AvgIpc) is 3.34. The number of primary amides is 1. The molecule has 44 heavy (non-hydrogen) atoms. The molecule has 5 fully saturated rings. The number of esters is 3. The molecule has 11 atom stereocenters. The highest BCUT2D eigenvalue weighted by atomic mass is 16.6. The molecule has 0 saturated heterocycles. The molecule has 5 saturated carbocycles. The maximum Gasteiger partial charge on any atom is 0.302 e. The first kappa shape index (κ1) is 33.0. The maximum atomic E-state index is 13.3. The topological polar surface area (TPSA) is 122 Å². The van der Waals surface area contributed by atoms with Crippen LogP contribution in [0, 0.1) is 56.7 Å². The van der Waals surface area contributed by atoms with E-state index in [-0.39, 0.29) is 77.1 Å². The van der Waals surface area contributed by atoms with E-state index in [0.29, 0.717) is 11.8 Å². The molecule has 0 aliphatic heterocycles. The van der Waals surface area contributed by atoms with Crippen LogP contribution >= 0.6 is 0 Å². The summed E-state index contributed by atoms with van der Waals surface area (Å²) in [7, 11) is 0. The van der Waals surface area contributed by atoms with Gasteiger partial charge in [0.2, 0.25) is 5.91 Å². The Kier molecular flexibility index (Phi) is 8.36. The summed E-state index contributed by atoms with van der Waals surface area (Å²) < 4.78 is 17.0. The van der Waals surface area contributed by atoms with E-state index in [1.54, 1.807) is 0 Å². The van der Waals surface area contributed by atoms with Crippen LogP contribution in [0.2, 0.25) is 0 Å². The fourth-order valence-corrected chi connectivity index (χ4v) is 12.4. The highest BCUT2D eigenvalue weighted by molar-refractivity contribution is 5.82. The second-order valence-electron chi connectivity index (χ2n) is 16.2. The third-order valence-corrected chi connectivity index (χ3v) is 14.5. The number of carbonyl (C=O) groups is 4. The molecule has 0 bridgehead atoms. The molecule has 1 amide bonds. The van der Waals surface area contributed by atoms with Crippen molar-refractivity contribution in [1.82, 2.24) is 0 Å². The van der Waals surface area contributed by atoms with Crippen molar-refractivity contribution in [3.63, 3.8) is 0 Å². The van der Waals surface area contributed by atoms with Gasteiger partial charge < -0.3 is 19.9 Å². The predicted molar refractivity (Wildman–Crippen MR) is 166 cm³/mol. The Morgan fingerprint density at radius 1 is 0.750 bits per heavy atom. The summed E-state index contributed by atoms with van der Waals surface area (Å²) in [5, 5.41) is 0. The molecular formula is C36H55NO7. The van der Waals surface area contributed by atoms with Crippen molar-refractivity contribution < 1.29 is 33.4 Å². The molecule has 5 aliphatic rings. The molecule has 2 unspecified atom stereocenters.